The van der Waals surface area contributed by atoms with E-state index in [-0.39, 0.29) is 5.82 Å². The fraction of sp³-hybridized carbons (Fsp3) is 0.333. The minimum Gasteiger partial charge on any atom is -0.366 e. The van der Waals surface area contributed by atoms with Gasteiger partial charge in [0.2, 0.25) is 5.95 Å². The normalized spacial score (nSPS) is 15.1. The summed E-state index contributed by atoms with van der Waals surface area (Å²) in [6.45, 7) is 3.06. The highest BCUT2D eigenvalue weighted by atomic mass is 19.1. The first-order valence-corrected chi connectivity index (χ1v) is 6.86. The van der Waals surface area contributed by atoms with Crippen molar-refractivity contribution in [1.29, 1.82) is 5.26 Å². The molecule has 2 heterocycles. The van der Waals surface area contributed by atoms with E-state index in [0.29, 0.717) is 11.3 Å². The van der Waals surface area contributed by atoms with E-state index < -0.39 is 0 Å². The molecular formula is C15H16FN5. The predicted octanol–water partition coefficient (Wildman–Crippen LogP) is 1.76. The Bertz CT molecular complexity index is 680. The molecule has 2 aromatic rings. The number of hydrogen-bond acceptors (Lipinski definition) is 4. The molecule has 0 spiro atoms. The molecule has 1 aromatic heterocycles. The highest BCUT2D eigenvalue weighted by Gasteiger charge is 2.21. The molecule has 21 heavy (non-hydrogen) atoms. The number of halogens is 1. The van der Waals surface area contributed by atoms with E-state index in [2.05, 4.69) is 9.88 Å². The molecule has 0 amide bonds. The van der Waals surface area contributed by atoms with Crippen LogP contribution in [0.2, 0.25) is 0 Å². The maximum atomic E-state index is 14.0. The lowest BCUT2D eigenvalue weighted by Gasteiger charge is -2.36. The number of aromatic nitrogens is 2. The van der Waals surface area contributed by atoms with Crippen LogP contribution in [0, 0.1) is 17.1 Å². The Balaban J connectivity index is 1.72. The zero-order valence-corrected chi connectivity index (χ0v) is 11.8. The third-order valence-electron chi connectivity index (χ3n) is 3.78. The van der Waals surface area contributed by atoms with Gasteiger partial charge in [-0.2, -0.15) is 5.26 Å². The van der Waals surface area contributed by atoms with E-state index in [4.69, 9.17) is 5.26 Å². The van der Waals surface area contributed by atoms with Crippen LogP contribution in [0.25, 0.3) is 0 Å². The third kappa shape index (κ3) is 2.55. The van der Waals surface area contributed by atoms with Gasteiger partial charge in [0.1, 0.15) is 5.82 Å². The number of benzene rings is 1. The van der Waals surface area contributed by atoms with Crippen LogP contribution >= 0.6 is 0 Å². The molecule has 0 atom stereocenters. The van der Waals surface area contributed by atoms with E-state index in [1.54, 1.807) is 18.3 Å². The molecule has 0 N–H and O–H groups in total. The lowest BCUT2D eigenvalue weighted by molar-refractivity contribution is 0.590. The number of nitrogens with zero attached hydrogens (tertiary/aromatic N) is 5. The molecule has 0 saturated carbocycles. The van der Waals surface area contributed by atoms with Crippen molar-refractivity contribution in [2.45, 2.75) is 0 Å². The highest BCUT2D eigenvalue weighted by Crippen LogP contribution is 2.23. The lowest BCUT2D eigenvalue weighted by atomic mass is 10.2. The first kappa shape index (κ1) is 13.4. The number of imidazole rings is 1. The predicted molar refractivity (Wildman–Crippen MR) is 78.7 cm³/mol. The van der Waals surface area contributed by atoms with Crippen molar-refractivity contribution in [3.8, 4) is 6.07 Å². The van der Waals surface area contributed by atoms with Crippen molar-refractivity contribution in [3.05, 3.63) is 42.0 Å². The summed E-state index contributed by atoms with van der Waals surface area (Å²) in [5.74, 6) is 0.606. The summed E-state index contributed by atoms with van der Waals surface area (Å²) in [6, 6.07) is 6.59. The van der Waals surface area contributed by atoms with Gasteiger partial charge in [-0.3, -0.25) is 0 Å². The van der Waals surface area contributed by atoms with Gasteiger partial charge in [0.25, 0.3) is 0 Å². The van der Waals surface area contributed by atoms with Crippen LogP contribution in [-0.4, -0.2) is 35.7 Å². The molecule has 1 aliphatic heterocycles. The molecule has 1 aliphatic rings. The van der Waals surface area contributed by atoms with Crippen molar-refractivity contribution in [3.63, 3.8) is 0 Å². The topological polar surface area (TPSA) is 48.1 Å². The van der Waals surface area contributed by atoms with Crippen LogP contribution in [0.3, 0.4) is 0 Å². The van der Waals surface area contributed by atoms with Gasteiger partial charge >= 0.3 is 0 Å². The minimum atomic E-state index is -0.334. The Hall–Kier alpha value is -2.55. The molecule has 1 fully saturated rings. The number of piperazine rings is 1. The van der Waals surface area contributed by atoms with Crippen molar-refractivity contribution in [1.82, 2.24) is 9.55 Å². The number of aryl methyl sites for hydroxylation is 1. The Kier molecular flexibility index (Phi) is 3.48. The monoisotopic (exact) mass is 285 g/mol. The quantitative estimate of drug-likeness (QED) is 0.843. The van der Waals surface area contributed by atoms with Gasteiger partial charge in [-0.25, -0.2) is 9.37 Å². The van der Waals surface area contributed by atoms with Crippen LogP contribution < -0.4 is 9.80 Å². The van der Waals surface area contributed by atoms with Crippen molar-refractivity contribution in [2.75, 3.05) is 36.0 Å². The van der Waals surface area contributed by atoms with Crippen LogP contribution in [0.5, 0.6) is 0 Å². The standard InChI is InChI=1S/C15H16FN5/c1-19-5-4-18-15(19)21-8-6-20(7-9-21)14-3-2-12(11-17)10-13(14)16/h2-5,10H,6-9H2,1H3. The highest BCUT2D eigenvalue weighted by molar-refractivity contribution is 5.52. The zero-order chi connectivity index (χ0) is 14.8. The first-order chi connectivity index (χ1) is 10.2. The fourth-order valence-electron chi connectivity index (χ4n) is 2.64. The average Bonchev–Trinajstić information content (AvgIpc) is 2.93. The molecule has 3 rings (SSSR count). The van der Waals surface area contributed by atoms with Gasteiger partial charge in [-0.1, -0.05) is 0 Å². The number of hydrogen-bond donors (Lipinski definition) is 0. The second kappa shape index (κ2) is 5.44. The summed E-state index contributed by atoms with van der Waals surface area (Å²) in [5.41, 5.74) is 0.913. The maximum Gasteiger partial charge on any atom is 0.205 e. The fourth-order valence-corrected chi connectivity index (χ4v) is 2.64. The second-order valence-electron chi connectivity index (χ2n) is 5.09. The summed E-state index contributed by atoms with van der Waals surface area (Å²) in [4.78, 5) is 8.54. The van der Waals surface area contributed by atoms with Gasteiger partial charge in [0, 0.05) is 45.6 Å². The molecule has 108 valence electrons. The third-order valence-corrected chi connectivity index (χ3v) is 3.78. The van der Waals surface area contributed by atoms with Crippen molar-refractivity contribution >= 4 is 11.6 Å². The molecular weight excluding hydrogens is 269 g/mol. The van der Waals surface area contributed by atoms with Crippen LogP contribution in [0.1, 0.15) is 5.56 Å². The molecule has 0 unspecified atom stereocenters. The van der Waals surface area contributed by atoms with Gasteiger partial charge in [0.05, 0.1) is 17.3 Å². The Morgan fingerprint density at radius 1 is 1.19 bits per heavy atom. The molecule has 0 radical (unpaired) electrons. The summed E-state index contributed by atoms with van der Waals surface area (Å²) >= 11 is 0. The molecule has 1 saturated heterocycles. The van der Waals surface area contributed by atoms with Gasteiger partial charge in [-0.05, 0) is 18.2 Å². The van der Waals surface area contributed by atoms with Crippen molar-refractivity contribution in [2.24, 2.45) is 7.05 Å². The molecule has 1 aromatic carbocycles. The summed E-state index contributed by atoms with van der Waals surface area (Å²) in [7, 11) is 1.97. The lowest BCUT2D eigenvalue weighted by Crippen LogP contribution is -2.47. The SMILES string of the molecule is Cn1ccnc1N1CCN(c2ccc(C#N)cc2F)CC1. The van der Waals surface area contributed by atoms with Crippen LogP contribution in [0.15, 0.2) is 30.6 Å². The van der Waals surface area contributed by atoms with E-state index in [1.807, 2.05) is 28.8 Å². The first-order valence-electron chi connectivity index (χ1n) is 6.86. The van der Waals surface area contributed by atoms with E-state index >= 15 is 0 Å². The summed E-state index contributed by atoms with van der Waals surface area (Å²) in [6.07, 6.45) is 3.70. The van der Waals surface area contributed by atoms with Crippen LogP contribution in [0.4, 0.5) is 16.0 Å². The number of rotatable bonds is 2. The average molecular weight is 285 g/mol. The van der Waals surface area contributed by atoms with Crippen LogP contribution in [-0.2, 0) is 7.05 Å². The van der Waals surface area contributed by atoms with Gasteiger partial charge in [0.15, 0.2) is 0 Å². The Morgan fingerprint density at radius 2 is 1.90 bits per heavy atom. The molecule has 6 heteroatoms. The number of anilines is 2. The van der Waals surface area contributed by atoms with E-state index in [1.165, 1.54) is 6.07 Å². The Labute approximate surface area is 122 Å². The zero-order valence-electron chi connectivity index (χ0n) is 11.8. The Morgan fingerprint density at radius 3 is 2.48 bits per heavy atom. The molecule has 5 nitrogen and oxygen atoms in total. The summed E-state index contributed by atoms with van der Waals surface area (Å²) in [5, 5.41) is 8.78. The number of nitriles is 1. The molecule has 0 bridgehead atoms. The largest absolute Gasteiger partial charge is 0.366 e. The minimum absolute atomic E-state index is 0.334. The molecule has 0 aliphatic carbocycles. The van der Waals surface area contributed by atoms with Gasteiger partial charge < -0.3 is 14.4 Å². The van der Waals surface area contributed by atoms with E-state index in [9.17, 15) is 4.39 Å². The smallest absolute Gasteiger partial charge is 0.205 e. The van der Waals surface area contributed by atoms with Crippen molar-refractivity contribution < 1.29 is 4.39 Å². The second-order valence-corrected chi connectivity index (χ2v) is 5.09. The van der Waals surface area contributed by atoms with E-state index in [0.717, 1.165) is 32.1 Å². The maximum absolute atomic E-state index is 14.0. The summed E-state index contributed by atoms with van der Waals surface area (Å²) < 4.78 is 16.0. The van der Waals surface area contributed by atoms with Gasteiger partial charge in [-0.15, -0.1) is 0 Å².